The van der Waals surface area contributed by atoms with Crippen LogP contribution in [0.25, 0.3) is 0 Å². The number of fused-ring (bicyclic) bond motifs is 1. The van der Waals surface area contributed by atoms with Crippen LogP contribution in [0.5, 0.6) is 5.75 Å². The molecule has 4 rings (SSSR count). The summed E-state index contributed by atoms with van der Waals surface area (Å²) < 4.78 is 94.3. The molecule has 1 amide bonds. The van der Waals surface area contributed by atoms with Gasteiger partial charge in [0.15, 0.2) is 0 Å². The molecule has 1 aliphatic heterocycles. The Morgan fingerprint density at radius 3 is 2.37 bits per heavy atom. The summed E-state index contributed by atoms with van der Waals surface area (Å²) in [6.45, 7) is 1.94. The minimum Gasteiger partial charge on any atom is -0.501 e. The summed E-state index contributed by atoms with van der Waals surface area (Å²) in [6.07, 6.45) is -7.09. The number of methoxy groups -OCH3 is 2. The van der Waals surface area contributed by atoms with Gasteiger partial charge in [-0.3, -0.25) is 4.79 Å². The van der Waals surface area contributed by atoms with Crippen molar-refractivity contribution >= 4 is 5.91 Å². The molecule has 11 heteroatoms. The van der Waals surface area contributed by atoms with Crippen LogP contribution in [-0.4, -0.2) is 43.5 Å². The molecule has 1 heterocycles. The lowest BCUT2D eigenvalue weighted by Crippen LogP contribution is -2.43. The predicted molar refractivity (Wildman–Crippen MR) is 125 cm³/mol. The fraction of sp³-hybridized carbons (Fsp3) is 0.370. The molecule has 2 unspecified atom stereocenters. The van der Waals surface area contributed by atoms with Crippen molar-refractivity contribution in [3.8, 4) is 5.75 Å². The maximum Gasteiger partial charge on any atom is 0.573 e. The SMILES string of the molecule is COC1=C2C(=CC(C)(OC)C1)CCN(C(=O)c1cccc(C(F)(F)F)c1)C2c1cccc(OC(F)(F)F)c1. The number of alkyl halides is 6. The third-order valence-electron chi connectivity index (χ3n) is 6.66. The molecule has 1 fully saturated rings. The van der Waals surface area contributed by atoms with Gasteiger partial charge in [-0.2, -0.15) is 13.2 Å². The Labute approximate surface area is 215 Å². The van der Waals surface area contributed by atoms with Crippen LogP contribution in [0.1, 0.15) is 47.3 Å². The highest BCUT2D eigenvalue weighted by Gasteiger charge is 2.42. The Hall–Kier alpha value is -3.47. The molecule has 0 spiro atoms. The number of carbonyl (C=O) groups excluding carboxylic acids is 1. The normalized spacial score (nSPS) is 22.1. The number of nitrogens with zero attached hydrogens (tertiary/aromatic N) is 1. The third kappa shape index (κ3) is 5.67. The van der Waals surface area contributed by atoms with E-state index in [4.69, 9.17) is 9.47 Å². The number of rotatable bonds is 5. The third-order valence-corrected chi connectivity index (χ3v) is 6.66. The lowest BCUT2D eigenvalue weighted by Gasteiger charge is -2.44. The van der Waals surface area contributed by atoms with E-state index >= 15 is 0 Å². The van der Waals surface area contributed by atoms with Crippen LogP contribution >= 0.6 is 0 Å². The zero-order chi connectivity index (χ0) is 27.9. The van der Waals surface area contributed by atoms with Crippen LogP contribution in [-0.2, 0) is 15.7 Å². The van der Waals surface area contributed by atoms with E-state index in [9.17, 15) is 31.1 Å². The summed E-state index contributed by atoms with van der Waals surface area (Å²) in [5, 5.41) is 0. The van der Waals surface area contributed by atoms with Gasteiger partial charge in [-0.15, -0.1) is 13.2 Å². The van der Waals surface area contributed by atoms with Crippen LogP contribution in [0.3, 0.4) is 0 Å². The van der Waals surface area contributed by atoms with Gasteiger partial charge in [0.2, 0.25) is 0 Å². The van der Waals surface area contributed by atoms with Gasteiger partial charge in [-0.25, -0.2) is 0 Å². The Morgan fingerprint density at radius 2 is 1.74 bits per heavy atom. The molecule has 204 valence electrons. The molecule has 2 aliphatic rings. The standard InChI is InChI=1S/C27H25F6NO4/c1-25(37-3)14-18-10-11-34(24(35)17-7-4-8-19(12-17)26(28,29)30)23(22(18)21(15-25)36-2)16-6-5-9-20(13-16)38-27(31,32)33/h4-9,12-14,23H,10-11,15H2,1-3H3. The van der Waals surface area contributed by atoms with Gasteiger partial charge in [0.05, 0.1) is 24.3 Å². The highest BCUT2D eigenvalue weighted by Crippen LogP contribution is 2.47. The van der Waals surface area contributed by atoms with Gasteiger partial charge in [0, 0.05) is 31.2 Å². The molecular weight excluding hydrogens is 516 g/mol. The molecule has 1 aliphatic carbocycles. The monoisotopic (exact) mass is 541 g/mol. The van der Waals surface area contributed by atoms with E-state index in [-0.39, 0.29) is 24.1 Å². The fourth-order valence-electron chi connectivity index (χ4n) is 4.91. The first-order valence-electron chi connectivity index (χ1n) is 11.6. The second kappa shape index (κ2) is 10.0. The van der Waals surface area contributed by atoms with Crippen molar-refractivity contribution in [2.75, 3.05) is 20.8 Å². The van der Waals surface area contributed by atoms with Crippen molar-refractivity contribution in [2.45, 2.75) is 43.9 Å². The number of piperidine rings is 1. The molecule has 0 radical (unpaired) electrons. The molecule has 2 aromatic rings. The highest BCUT2D eigenvalue weighted by molar-refractivity contribution is 5.95. The van der Waals surface area contributed by atoms with Crippen LogP contribution in [0.15, 0.2) is 71.5 Å². The summed E-state index contributed by atoms with van der Waals surface area (Å²) in [5.41, 5.74) is -0.289. The van der Waals surface area contributed by atoms with Crippen LogP contribution < -0.4 is 4.74 Å². The van der Waals surface area contributed by atoms with E-state index in [0.717, 1.165) is 35.9 Å². The molecule has 38 heavy (non-hydrogen) atoms. The van der Waals surface area contributed by atoms with E-state index in [0.29, 0.717) is 17.8 Å². The molecule has 0 N–H and O–H groups in total. The number of halogens is 6. The van der Waals surface area contributed by atoms with Crippen molar-refractivity contribution in [3.63, 3.8) is 0 Å². The van der Waals surface area contributed by atoms with Crippen LogP contribution in [0, 0.1) is 0 Å². The number of benzene rings is 2. The van der Waals surface area contributed by atoms with E-state index in [2.05, 4.69) is 4.74 Å². The second-order valence-electron chi connectivity index (χ2n) is 9.25. The van der Waals surface area contributed by atoms with Crippen molar-refractivity contribution in [1.82, 2.24) is 4.90 Å². The van der Waals surface area contributed by atoms with Crippen molar-refractivity contribution in [2.24, 2.45) is 0 Å². The van der Waals surface area contributed by atoms with Gasteiger partial charge in [0.1, 0.15) is 11.5 Å². The lowest BCUT2D eigenvalue weighted by atomic mass is 9.77. The molecule has 2 aromatic carbocycles. The van der Waals surface area contributed by atoms with Crippen LogP contribution in [0.2, 0.25) is 0 Å². The van der Waals surface area contributed by atoms with E-state index in [1.54, 1.807) is 0 Å². The summed E-state index contributed by atoms with van der Waals surface area (Å²) in [5.74, 6) is -0.736. The predicted octanol–water partition coefficient (Wildman–Crippen LogP) is 6.83. The molecule has 0 saturated carbocycles. The van der Waals surface area contributed by atoms with Gasteiger partial charge < -0.3 is 19.1 Å². The van der Waals surface area contributed by atoms with Crippen molar-refractivity contribution < 1.29 is 45.3 Å². The summed E-state index contributed by atoms with van der Waals surface area (Å²) >= 11 is 0. The first-order valence-corrected chi connectivity index (χ1v) is 11.6. The fourth-order valence-corrected chi connectivity index (χ4v) is 4.91. The first kappa shape index (κ1) is 27.6. The molecule has 1 saturated heterocycles. The zero-order valence-corrected chi connectivity index (χ0v) is 20.7. The van der Waals surface area contributed by atoms with E-state index in [1.165, 1.54) is 37.3 Å². The molecule has 2 atom stereocenters. The smallest absolute Gasteiger partial charge is 0.501 e. The van der Waals surface area contributed by atoms with Crippen molar-refractivity contribution in [1.29, 1.82) is 0 Å². The maximum absolute atomic E-state index is 13.7. The Balaban J connectivity index is 1.85. The Bertz CT molecular complexity index is 1280. The minimum absolute atomic E-state index is 0.0935. The van der Waals surface area contributed by atoms with E-state index in [1.807, 2.05) is 13.0 Å². The summed E-state index contributed by atoms with van der Waals surface area (Å²) in [7, 11) is 2.98. The molecule has 0 aromatic heterocycles. The van der Waals surface area contributed by atoms with Crippen molar-refractivity contribution in [3.05, 3.63) is 88.2 Å². The maximum atomic E-state index is 13.7. The van der Waals surface area contributed by atoms with Crippen LogP contribution in [0.4, 0.5) is 26.3 Å². The average Bonchev–Trinajstić information content (AvgIpc) is 2.85. The van der Waals surface area contributed by atoms with Gasteiger partial charge in [-0.1, -0.05) is 18.2 Å². The Morgan fingerprint density at radius 1 is 1.03 bits per heavy atom. The van der Waals surface area contributed by atoms with Gasteiger partial charge in [-0.05, 0) is 60.9 Å². The van der Waals surface area contributed by atoms with Gasteiger partial charge >= 0.3 is 12.5 Å². The average molecular weight is 541 g/mol. The minimum atomic E-state index is -4.94. The Kier molecular flexibility index (Phi) is 7.26. The number of hydrogen-bond donors (Lipinski definition) is 0. The highest BCUT2D eigenvalue weighted by atomic mass is 19.4. The lowest BCUT2D eigenvalue weighted by molar-refractivity contribution is -0.274. The molecule has 0 bridgehead atoms. The summed E-state index contributed by atoms with van der Waals surface area (Å²) in [4.78, 5) is 15.0. The largest absolute Gasteiger partial charge is 0.573 e. The first-order chi connectivity index (χ1) is 17.7. The molecule has 5 nitrogen and oxygen atoms in total. The molecular formula is C27H25F6NO4. The second-order valence-corrected chi connectivity index (χ2v) is 9.25. The number of likely N-dealkylation sites (tertiary alicyclic amines) is 1. The topological polar surface area (TPSA) is 48.0 Å². The van der Waals surface area contributed by atoms with Gasteiger partial charge in [0.25, 0.3) is 5.91 Å². The number of amides is 1. The quantitative estimate of drug-likeness (QED) is 0.390. The number of carbonyl (C=O) groups is 1. The van der Waals surface area contributed by atoms with E-state index < -0.39 is 41.4 Å². The summed E-state index contributed by atoms with van der Waals surface area (Å²) in [6, 6.07) is 8.28. The number of hydrogen-bond acceptors (Lipinski definition) is 4. The zero-order valence-electron chi connectivity index (χ0n) is 20.7. The number of ether oxygens (including phenoxy) is 3.